The van der Waals surface area contributed by atoms with E-state index in [1.165, 1.54) is 11.1 Å². The molecule has 2 aromatic rings. The fourth-order valence-electron chi connectivity index (χ4n) is 3.16. The van der Waals surface area contributed by atoms with Crippen LogP contribution in [0.3, 0.4) is 0 Å². The summed E-state index contributed by atoms with van der Waals surface area (Å²) >= 11 is 0. The van der Waals surface area contributed by atoms with E-state index in [0.29, 0.717) is 6.54 Å². The highest BCUT2D eigenvalue weighted by atomic mass is 16.5. The number of aliphatic hydroxyl groups excluding tert-OH is 1. The van der Waals surface area contributed by atoms with Crippen molar-refractivity contribution in [2.24, 2.45) is 0 Å². The number of aryl methyl sites for hydroxylation is 1. The van der Waals surface area contributed by atoms with E-state index in [4.69, 9.17) is 4.74 Å². The number of rotatable bonds is 8. The van der Waals surface area contributed by atoms with Crippen LogP contribution in [-0.2, 0) is 11.3 Å². The summed E-state index contributed by atoms with van der Waals surface area (Å²) < 4.78 is 5.40. The molecule has 0 saturated carbocycles. The Labute approximate surface area is 149 Å². The van der Waals surface area contributed by atoms with E-state index in [0.717, 1.165) is 57.2 Å². The molecular formula is C19H28N4O2. The van der Waals surface area contributed by atoms with Crippen molar-refractivity contribution in [2.45, 2.75) is 13.5 Å². The molecular weight excluding hydrogens is 316 g/mol. The molecule has 6 nitrogen and oxygen atoms in total. The SMILES string of the molecule is Cc1ccc(-c2[nH]ncc2CN(CCO)CCN2CCOCC2)cc1. The van der Waals surface area contributed by atoms with Crippen molar-refractivity contribution in [3.8, 4) is 11.3 Å². The smallest absolute Gasteiger partial charge is 0.0695 e. The first-order valence-electron chi connectivity index (χ1n) is 8.99. The molecule has 0 spiro atoms. The van der Waals surface area contributed by atoms with Gasteiger partial charge < -0.3 is 9.84 Å². The number of benzene rings is 1. The van der Waals surface area contributed by atoms with Crippen LogP contribution in [0.4, 0.5) is 0 Å². The molecule has 0 unspecified atom stereocenters. The molecule has 6 heteroatoms. The fourth-order valence-corrected chi connectivity index (χ4v) is 3.16. The highest BCUT2D eigenvalue weighted by Gasteiger charge is 2.15. The lowest BCUT2D eigenvalue weighted by Gasteiger charge is -2.29. The number of aliphatic hydroxyl groups is 1. The molecule has 136 valence electrons. The van der Waals surface area contributed by atoms with Crippen LogP contribution in [0.25, 0.3) is 11.3 Å². The van der Waals surface area contributed by atoms with E-state index < -0.39 is 0 Å². The molecule has 1 aromatic heterocycles. The molecule has 0 radical (unpaired) electrons. The molecule has 0 atom stereocenters. The quantitative estimate of drug-likeness (QED) is 0.760. The first kappa shape index (κ1) is 18.1. The van der Waals surface area contributed by atoms with Gasteiger partial charge in [0.05, 0.1) is 31.7 Å². The average molecular weight is 344 g/mol. The van der Waals surface area contributed by atoms with Crippen molar-refractivity contribution < 1.29 is 9.84 Å². The number of nitrogens with zero attached hydrogens (tertiary/aromatic N) is 3. The summed E-state index contributed by atoms with van der Waals surface area (Å²) in [7, 11) is 0. The summed E-state index contributed by atoms with van der Waals surface area (Å²) in [5.74, 6) is 0. The largest absolute Gasteiger partial charge is 0.395 e. The minimum Gasteiger partial charge on any atom is -0.395 e. The summed E-state index contributed by atoms with van der Waals surface area (Å²) in [4.78, 5) is 4.71. The molecule has 2 heterocycles. The minimum atomic E-state index is 0.167. The van der Waals surface area contributed by atoms with E-state index in [2.05, 4.69) is 51.2 Å². The number of aromatic nitrogens is 2. The van der Waals surface area contributed by atoms with Gasteiger partial charge >= 0.3 is 0 Å². The molecule has 0 amide bonds. The van der Waals surface area contributed by atoms with Gasteiger partial charge in [0.1, 0.15) is 0 Å². The van der Waals surface area contributed by atoms with Crippen LogP contribution < -0.4 is 0 Å². The Bertz CT molecular complexity index is 635. The molecule has 25 heavy (non-hydrogen) atoms. The zero-order valence-corrected chi connectivity index (χ0v) is 14.9. The maximum absolute atomic E-state index is 9.42. The van der Waals surface area contributed by atoms with Crippen LogP contribution in [0.15, 0.2) is 30.5 Å². The third-order valence-corrected chi connectivity index (χ3v) is 4.70. The summed E-state index contributed by atoms with van der Waals surface area (Å²) in [6.07, 6.45) is 1.90. The average Bonchev–Trinajstić information content (AvgIpc) is 3.09. The summed E-state index contributed by atoms with van der Waals surface area (Å²) in [5.41, 5.74) is 4.63. The number of aromatic amines is 1. The topological polar surface area (TPSA) is 64.6 Å². The summed E-state index contributed by atoms with van der Waals surface area (Å²) in [6, 6.07) is 8.47. The third kappa shape index (κ3) is 5.12. The van der Waals surface area contributed by atoms with Crippen molar-refractivity contribution in [1.29, 1.82) is 0 Å². The van der Waals surface area contributed by atoms with Gasteiger partial charge in [-0.2, -0.15) is 5.10 Å². The van der Waals surface area contributed by atoms with Gasteiger partial charge in [-0.05, 0) is 12.5 Å². The van der Waals surface area contributed by atoms with Crippen LogP contribution in [-0.4, -0.2) is 77.6 Å². The van der Waals surface area contributed by atoms with Gasteiger partial charge in [-0.3, -0.25) is 14.9 Å². The maximum Gasteiger partial charge on any atom is 0.0695 e. The number of morpholine rings is 1. The van der Waals surface area contributed by atoms with Gasteiger partial charge in [-0.15, -0.1) is 0 Å². The normalized spacial score (nSPS) is 15.8. The van der Waals surface area contributed by atoms with Crippen molar-refractivity contribution in [1.82, 2.24) is 20.0 Å². The molecule has 1 aliphatic heterocycles. The van der Waals surface area contributed by atoms with E-state index in [1.54, 1.807) is 0 Å². The van der Waals surface area contributed by atoms with Crippen LogP contribution in [0.5, 0.6) is 0 Å². The summed E-state index contributed by atoms with van der Waals surface area (Å²) in [6.45, 7) is 9.26. The second kappa shape index (κ2) is 9.10. The number of nitrogens with one attached hydrogen (secondary N) is 1. The standard InChI is InChI=1S/C19H28N4O2/c1-16-2-4-17(5-3-16)19-18(14-20-21-19)15-23(8-11-24)7-6-22-9-12-25-13-10-22/h2-5,14,24H,6-13,15H2,1H3,(H,20,21). The molecule has 1 aliphatic rings. The third-order valence-electron chi connectivity index (χ3n) is 4.70. The fraction of sp³-hybridized carbons (Fsp3) is 0.526. The number of hydrogen-bond acceptors (Lipinski definition) is 5. The Balaban J connectivity index is 1.63. The van der Waals surface area contributed by atoms with E-state index in [-0.39, 0.29) is 6.61 Å². The van der Waals surface area contributed by atoms with Crippen molar-refractivity contribution in [3.63, 3.8) is 0 Å². The van der Waals surface area contributed by atoms with Crippen LogP contribution in [0.2, 0.25) is 0 Å². The molecule has 3 rings (SSSR count). The van der Waals surface area contributed by atoms with E-state index in [1.807, 2.05) is 6.20 Å². The highest BCUT2D eigenvalue weighted by Crippen LogP contribution is 2.22. The number of ether oxygens (including phenoxy) is 1. The van der Waals surface area contributed by atoms with Gasteiger partial charge in [-0.1, -0.05) is 29.8 Å². The second-order valence-corrected chi connectivity index (χ2v) is 6.59. The minimum absolute atomic E-state index is 0.167. The molecule has 1 fully saturated rings. The predicted octanol–water partition coefficient (Wildman–Crippen LogP) is 1.51. The zero-order chi connectivity index (χ0) is 17.5. The number of hydrogen-bond donors (Lipinski definition) is 2. The lowest BCUT2D eigenvalue weighted by molar-refractivity contribution is 0.0320. The highest BCUT2D eigenvalue weighted by molar-refractivity contribution is 5.62. The Kier molecular flexibility index (Phi) is 6.58. The Morgan fingerprint density at radius 2 is 1.96 bits per heavy atom. The molecule has 1 saturated heterocycles. The van der Waals surface area contributed by atoms with Crippen molar-refractivity contribution in [3.05, 3.63) is 41.6 Å². The molecule has 0 bridgehead atoms. The second-order valence-electron chi connectivity index (χ2n) is 6.59. The lowest BCUT2D eigenvalue weighted by atomic mass is 10.1. The van der Waals surface area contributed by atoms with Gasteiger partial charge in [-0.25, -0.2) is 0 Å². The maximum atomic E-state index is 9.42. The van der Waals surface area contributed by atoms with Gasteiger partial charge in [0.15, 0.2) is 0 Å². The molecule has 1 aromatic carbocycles. The van der Waals surface area contributed by atoms with Crippen LogP contribution in [0.1, 0.15) is 11.1 Å². The van der Waals surface area contributed by atoms with Crippen LogP contribution in [0, 0.1) is 6.92 Å². The zero-order valence-electron chi connectivity index (χ0n) is 14.9. The lowest BCUT2D eigenvalue weighted by Crippen LogP contribution is -2.41. The predicted molar refractivity (Wildman–Crippen MR) is 98.4 cm³/mol. The monoisotopic (exact) mass is 344 g/mol. The van der Waals surface area contributed by atoms with Crippen LogP contribution >= 0.6 is 0 Å². The van der Waals surface area contributed by atoms with Crippen molar-refractivity contribution >= 4 is 0 Å². The Morgan fingerprint density at radius 3 is 2.68 bits per heavy atom. The van der Waals surface area contributed by atoms with E-state index in [9.17, 15) is 5.11 Å². The van der Waals surface area contributed by atoms with Gasteiger partial charge in [0.25, 0.3) is 0 Å². The van der Waals surface area contributed by atoms with E-state index >= 15 is 0 Å². The van der Waals surface area contributed by atoms with Gasteiger partial charge in [0, 0.05) is 44.8 Å². The molecule has 0 aliphatic carbocycles. The first-order chi connectivity index (χ1) is 12.3. The Morgan fingerprint density at radius 1 is 1.20 bits per heavy atom. The summed E-state index contributed by atoms with van der Waals surface area (Å²) in [5, 5.41) is 16.8. The first-order valence-corrected chi connectivity index (χ1v) is 8.99. The van der Waals surface area contributed by atoms with Crippen molar-refractivity contribution in [2.75, 3.05) is 52.5 Å². The molecule has 2 N–H and O–H groups in total. The van der Waals surface area contributed by atoms with Gasteiger partial charge in [0.2, 0.25) is 0 Å². The Hall–Kier alpha value is -1.73. The number of H-pyrrole nitrogens is 1.